The van der Waals surface area contributed by atoms with Crippen LogP contribution in [0.25, 0.3) is 0 Å². The molecule has 0 saturated heterocycles. The topological polar surface area (TPSA) is 92.7 Å². The molecule has 3 rings (SSSR count). The molecule has 0 spiro atoms. The molecule has 2 fully saturated rings. The van der Waals surface area contributed by atoms with Crippen molar-refractivity contribution in [2.24, 2.45) is 29.6 Å². The summed E-state index contributed by atoms with van der Waals surface area (Å²) in [5, 5.41) is 12.3. The van der Waals surface area contributed by atoms with E-state index >= 15 is 0 Å². The van der Waals surface area contributed by atoms with Crippen LogP contribution in [0, 0.1) is 29.6 Å². The summed E-state index contributed by atoms with van der Waals surface area (Å²) in [5.74, 6) is -2.02. The minimum atomic E-state index is -0.874. The van der Waals surface area contributed by atoms with Crippen molar-refractivity contribution in [2.75, 3.05) is 11.9 Å². The van der Waals surface area contributed by atoms with E-state index in [1.807, 2.05) is 13.8 Å². The van der Waals surface area contributed by atoms with Crippen LogP contribution in [0.2, 0.25) is 0 Å². The molecule has 2 bridgehead atoms. The first kappa shape index (κ1) is 18.4. The summed E-state index contributed by atoms with van der Waals surface area (Å²) in [5.41, 5.74) is 0.981. The predicted molar refractivity (Wildman–Crippen MR) is 95.6 cm³/mol. The van der Waals surface area contributed by atoms with Gasteiger partial charge in [0.15, 0.2) is 0 Å². The molecule has 2 aliphatic carbocycles. The Hall–Kier alpha value is -2.37. The van der Waals surface area contributed by atoms with Crippen LogP contribution in [0.1, 0.15) is 43.5 Å². The largest absolute Gasteiger partial charge is 0.481 e. The highest BCUT2D eigenvalue weighted by Gasteiger charge is 2.53. The van der Waals surface area contributed by atoms with Gasteiger partial charge in [-0.05, 0) is 61.3 Å². The number of carbonyl (C=O) groups is 3. The van der Waals surface area contributed by atoms with Crippen molar-refractivity contribution in [3.05, 3.63) is 29.8 Å². The number of carboxylic acid groups (broad SMARTS) is 1. The van der Waals surface area contributed by atoms with Gasteiger partial charge < -0.3 is 15.2 Å². The number of carbonyl (C=O) groups excluding carboxylic acids is 2. The second-order valence-corrected chi connectivity index (χ2v) is 7.78. The van der Waals surface area contributed by atoms with Crippen LogP contribution in [-0.4, -0.2) is 29.6 Å². The summed E-state index contributed by atoms with van der Waals surface area (Å²) in [7, 11) is 0. The average molecular weight is 359 g/mol. The number of carboxylic acids is 1. The van der Waals surface area contributed by atoms with E-state index in [0.717, 1.165) is 19.3 Å². The lowest BCUT2D eigenvalue weighted by atomic mass is 9.78. The number of fused-ring (bicyclic) bond motifs is 2. The fourth-order valence-electron chi connectivity index (χ4n) is 4.26. The lowest BCUT2D eigenvalue weighted by Crippen LogP contribution is -2.37. The Bertz CT molecular complexity index is 697. The van der Waals surface area contributed by atoms with Gasteiger partial charge in [0.1, 0.15) is 0 Å². The molecule has 26 heavy (non-hydrogen) atoms. The minimum absolute atomic E-state index is 0.117. The summed E-state index contributed by atoms with van der Waals surface area (Å²) in [6, 6.07) is 6.50. The Labute approximate surface area is 152 Å². The van der Waals surface area contributed by atoms with E-state index in [1.165, 1.54) is 0 Å². The maximum atomic E-state index is 12.6. The number of benzene rings is 1. The van der Waals surface area contributed by atoms with Crippen molar-refractivity contribution >= 4 is 23.5 Å². The van der Waals surface area contributed by atoms with E-state index < -0.39 is 23.8 Å². The first-order chi connectivity index (χ1) is 12.4. The highest BCUT2D eigenvalue weighted by molar-refractivity contribution is 5.96. The molecule has 6 nitrogen and oxygen atoms in total. The van der Waals surface area contributed by atoms with Crippen molar-refractivity contribution in [1.29, 1.82) is 0 Å². The third-order valence-corrected chi connectivity index (χ3v) is 5.44. The van der Waals surface area contributed by atoms with Crippen LogP contribution in [-0.2, 0) is 14.3 Å². The Morgan fingerprint density at radius 2 is 1.73 bits per heavy atom. The zero-order chi connectivity index (χ0) is 18.8. The molecule has 0 unspecified atom stereocenters. The molecule has 2 saturated carbocycles. The number of anilines is 1. The van der Waals surface area contributed by atoms with Gasteiger partial charge in [0.25, 0.3) is 0 Å². The second-order valence-electron chi connectivity index (χ2n) is 7.78. The van der Waals surface area contributed by atoms with Gasteiger partial charge in [-0.15, -0.1) is 0 Å². The molecule has 6 heteroatoms. The summed E-state index contributed by atoms with van der Waals surface area (Å²) in [4.78, 5) is 36.1. The number of hydrogen-bond donors (Lipinski definition) is 2. The monoisotopic (exact) mass is 359 g/mol. The van der Waals surface area contributed by atoms with E-state index in [9.17, 15) is 19.5 Å². The second kappa shape index (κ2) is 7.48. The van der Waals surface area contributed by atoms with Gasteiger partial charge in [0, 0.05) is 5.69 Å². The van der Waals surface area contributed by atoms with Gasteiger partial charge >= 0.3 is 11.9 Å². The van der Waals surface area contributed by atoms with E-state index in [-0.39, 0.29) is 23.7 Å². The van der Waals surface area contributed by atoms with Crippen LogP contribution in [0.3, 0.4) is 0 Å². The first-order valence-electron chi connectivity index (χ1n) is 9.17. The van der Waals surface area contributed by atoms with Gasteiger partial charge in [0.2, 0.25) is 5.91 Å². The normalized spacial score (nSPS) is 26.7. The zero-order valence-corrected chi connectivity index (χ0v) is 15.1. The van der Waals surface area contributed by atoms with Crippen molar-refractivity contribution in [1.82, 2.24) is 0 Å². The van der Waals surface area contributed by atoms with Gasteiger partial charge in [-0.1, -0.05) is 13.8 Å². The van der Waals surface area contributed by atoms with Crippen LogP contribution < -0.4 is 5.32 Å². The van der Waals surface area contributed by atoms with Crippen LogP contribution in [0.5, 0.6) is 0 Å². The fraction of sp³-hybridized carbons (Fsp3) is 0.550. The van der Waals surface area contributed by atoms with E-state index in [4.69, 9.17) is 4.74 Å². The molecule has 0 aliphatic heterocycles. The van der Waals surface area contributed by atoms with E-state index in [2.05, 4.69) is 5.32 Å². The molecular formula is C20H25NO5. The number of aliphatic carboxylic acids is 1. The molecule has 2 aliphatic rings. The molecule has 140 valence electrons. The summed E-state index contributed by atoms with van der Waals surface area (Å²) >= 11 is 0. The van der Waals surface area contributed by atoms with Crippen molar-refractivity contribution in [2.45, 2.75) is 33.1 Å². The van der Waals surface area contributed by atoms with Gasteiger partial charge in [-0.3, -0.25) is 9.59 Å². The zero-order valence-electron chi connectivity index (χ0n) is 15.1. The third kappa shape index (κ3) is 3.74. The van der Waals surface area contributed by atoms with Crippen LogP contribution in [0.15, 0.2) is 24.3 Å². The number of rotatable bonds is 6. The van der Waals surface area contributed by atoms with Crippen molar-refractivity contribution in [3.8, 4) is 0 Å². The summed E-state index contributed by atoms with van der Waals surface area (Å²) < 4.78 is 5.17. The third-order valence-electron chi connectivity index (χ3n) is 5.44. The SMILES string of the molecule is CC(C)COC(=O)c1ccc(NC(=O)[C@@H]2[C@@H]3CC[C@@H](C3)[C@@H]2C(=O)O)cc1. The lowest BCUT2D eigenvalue weighted by molar-refractivity contribution is -0.148. The van der Waals surface area contributed by atoms with Gasteiger partial charge in [-0.25, -0.2) is 4.79 Å². The summed E-state index contributed by atoms with van der Waals surface area (Å²) in [6.07, 6.45) is 2.65. The minimum Gasteiger partial charge on any atom is -0.481 e. The lowest BCUT2D eigenvalue weighted by Gasteiger charge is -2.27. The maximum Gasteiger partial charge on any atom is 0.338 e. The van der Waals surface area contributed by atoms with Gasteiger partial charge in [0.05, 0.1) is 24.0 Å². The highest BCUT2D eigenvalue weighted by Crippen LogP contribution is 2.52. The number of ether oxygens (including phenoxy) is 1. The average Bonchev–Trinajstić information content (AvgIpc) is 3.21. The quantitative estimate of drug-likeness (QED) is 0.761. The number of esters is 1. The Kier molecular flexibility index (Phi) is 5.30. The van der Waals surface area contributed by atoms with Crippen LogP contribution >= 0.6 is 0 Å². The van der Waals surface area contributed by atoms with Crippen molar-refractivity contribution < 1.29 is 24.2 Å². The number of amides is 1. The molecule has 2 N–H and O–H groups in total. The maximum absolute atomic E-state index is 12.6. The Balaban J connectivity index is 1.63. The molecule has 0 heterocycles. The first-order valence-corrected chi connectivity index (χ1v) is 9.17. The molecule has 0 aromatic heterocycles. The standard InChI is InChI=1S/C20H25NO5/c1-11(2)10-26-20(25)12-5-7-15(8-6-12)21-18(22)16-13-3-4-14(9-13)17(16)19(23)24/h5-8,11,13-14,16-17H,3-4,9-10H2,1-2H3,(H,21,22)(H,23,24)/t13-,14+,16-,17+/m1/s1. The molecule has 4 atom stereocenters. The number of hydrogen-bond acceptors (Lipinski definition) is 4. The highest BCUT2D eigenvalue weighted by atomic mass is 16.5. The van der Waals surface area contributed by atoms with E-state index in [1.54, 1.807) is 24.3 Å². The summed E-state index contributed by atoms with van der Waals surface area (Å²) in [6.45, 7) is 4.29. The van der Waals surface area contributed by atoms with Gasteiger partial charge in [-0.2, -0.15) is 0 Å². The Morgan fingerprint density at radius 1 is 1.12 bits per heavy atom. The predicted octanol–water partition coefficient (Wildman–Crippen LogP) is 3.18. The molecule has 1 aromatic rings. The molecular weight excluding hydrogens is 334 g/mol. The smallest absolute Gasteiger partial charge is 0.338 e. The molecule has 1 amide bonds. The van der Waals surface area contributed by atoms with Crippen LogP contribution in [0.4, 0.5) is 5.69 Å². The molecule has 1 aromatic carbocycles. The Morgan fingerprint density at radius 3 is 2.31 bits per heavy atom. The molecule has 0 radical (unpaired) electrons. The fourth-order valence-corrected chi connectivity index (χ4v) is 4.26. The van der Waals surface area contributed by atoms with Crippen molar-refractivity contribution in [3.63, 3.8) is 0 Å². The van der Waals surface area contributed by atoms with E-state index in [0.29, 0.717) is 17.9 Å². The number of nitrogens with one attached hydrogen (secondary N) is 1.